The van der Waals surface area contributed by atoms with Crippen LogP contribution in [0.25, 0.3) is 0 Å². The first-order valence-electron chi connectivity index (χ1n) is 7.55. The molecule has 0 unspecified atom stereocenters. The number of rotatable bonds is 4. The average Bonchev–Trinajstić information content (AvgIpc) is 3.20. The molecule has 0 aliphatic heterocycles. The van der Waals surface area contributed by atoms with Crippen LogP contribution in [0.2, 0.25) is 5.02 Å². The minimum atomic E-state index is -0.608. The van der Waals surface area contributed by atoms with E-state index in [2.05, 4.69) is 40.7 Å². The third-order valence-corrected chi connectivity index (χ3v) is 5.36. The number of benzene rings is 2. The first-order chi connectivity index (χ1) is 12.9. The van der Waals surface area contributed by atoms with Gasteiger partial charge in [0.25, 0.3) is 0 Å². The fraction of sp³-hybridized carbons (Fsp3) is 0. The minimum Gasteiger partial charge on any atom is -0.457 e. The monoisotopic (exact) mass is 514 g/mol. The van der Waals surface area contributed by atoms with Gasteiger partial charge in [0, 0.05) is 9.26 Å². The number of hydrogen-bond acceptors (Lipinski definition) is 5. The molecule has 27 heavy (non-hydrogen) atoms. The summed E-state index contributed by atoms with van der Waals surface area (Å²) in [7, 11) is 0. The molecule has 0 saturated carbocycles. The van der Waals surface area contributed by atoms with Crippen molar-refractivity contribution in [3.63, 3.8) is 0 Å². The standard InChI is InChI=1S/C18H12ClIN2O4S/c19-14-10-11(3-8-15(14)20)21-18(24)22(27)12-4-6-13(7-5-12)26-17(23)16-2-1-9-25-16/h1-10,27H,(H,21,24). The van der Waals surface area contributed by atoms with Gasteiger partial charge in [-0.3, -0.25) is 0 Å². The normalized spacial score (nSPS) is 10.3. The molecular weight excluding hydrogens is 503 g/mol. The Morgan fingerprint density at radius 3 is 2.52 bits per heavy atom. The van der Waals surface area contributed by atoms with Gasteiger partial charge >= 0.3 is 12.0 Å². The zero-order chi connectivity index (χ0) is 19.4. The van der Waals surface area contributed by atoms with Crippen molar-refractivity contribution in [2.75, 3.05) is 9.62 Å². The Morgan fingerprint density at radius 2 is 1.89 bits per heavy atom. The highest BCUT2D eigenvalue weighted by molar-refractivity contribution is 14.1. The number of nitrogens with one attached hydrogen (secondary N) is 1. The number of esters is 1. The van der Waals surface area contributed by atoms with Crippen LogP contribution in [0.15, 0.2) is 65.3 Å². The molecule has 1 heterocycles. The summed E-state index contributed by atoms with van der Waals surface area (Å²) in [5.41, 5.74) is 1.04. The van der Waals surface area contributed by atoms with Gasteiger partial charge in [-0.1, -0.05) is 24.4 Å². The SMILES string of the molecule is O=C(Oc1ccc(N(S)C(=O)Nc2ccc(I)c(Cl)c2)cc1)c1ccco1. The number of ether oxygens (including phenoxy) is 1. The molecule has 9 heteroatoms. The lowest BCUT2D eigenvalue weighted by molar-refractivity contribution is 0.0701. The summed E-state index contributed by atoms with van der Waals surface area (Å²) < 4.78 is 12.2. The number of nitrogens with zero attached hydrogens (tertiary/aromatic N) is 1. The van der Waals surface area contributed by atoms with Gasteiger partial charge < -0.3 is 14.5 Å². The molecule has 2 amide bonds. The molecule has 0 aliphatic rings. The number of carbonyl (C=O) groups excluding carboxylic acids is 2. The number of furan rings is 1. The largest absolute Gasteiger partial charge is 0.457 e. The highest BCUT2D eigenvalue weighted by atomic mass is 127. The van der Waals surface area contributed by atoms with Crippen molar-refractivity contribution in [2.45, 2.75) is 0 Å². The van der Waals surface area contributed by atoms with Crippen molar-refractivity contribution in [3.05, 3.63) is 75.2 Å². The Bertz CT molecular complexity index is 964. The number of halogens is 2. The smallest absolute Gasteiger partial charge is 0.379 e. The summed E-state index contributed by atoms with van der Waals surface area (Å²) in [6.45, 7) is 0. The Kier molecular flexibility index (Phi) is 6.30. The van der Waals surface area contributed by atoms with E-state index in [4.69, 9.17) is 20.8 Å². The van der Waals surface area contributed by atoms with Gasteiger partial charge in [-0.2, -0.15) is 0 Å². The summed E-state index contributed by atoms with van der Waals surface area (Å²) in [5, 5.41) is 3.24. The first kappa shape index (κ1) is 19.6. The summed E-state index contributed by atoms with van der Waals surface area (Å²) in [6, 6.07) is 14.1. The van der Waals surface area contributed by atoms with Crippen molar-refractivity contribution < 1.29 is 18.7 Å². The van der Waals surface area contributed by atoms with E-state index in [1.807, 2.05) is 0 Å². The van der Waals surface area contributed by atoms with E-state index < -0.39 is 12.0 Å². The molecule has 3 aromatic rings. The molecule has 0 aliphatic carbocycles. The molecule has 0 atom stereocenters. The fourth-order valence-corrected chi connectivity index (χ4v) is 2.77. The maximum Gasteiger partial charge on any atom is 0.379 e. The van der Waals surface area contributed by atoms with Crippen LogP contribution >= 0.6 is 47.0 Å². The molecule has 0 spiro atoms. The summed E-state index contributed by atoms with van der Waals surface area (Å²) >= 11 is 12.4. The van der Waals surface area contributed by atoms with E-state index in [-0.39, 0.29) is 5.76 Å². The van der Waals surface area contributed by atoms with Gasteiger partial charge in [0.05, 0.1) is 17.0 Å². The van der Waals surface area contributed by atoms with Crippen LogP contribution in [0.5, 0.6) is 5.75 Å². The van der Waals surface area contributed by atoms with Crippen molar-refractivity contribution in [1.82, 2.24) is 0 Å². The van der Waals surface area contributed by atoms with Gasteiger partial charge in [-0.25, -0.2) is 13.9 Å². The van der Waals surface area contributed by atoms with Crippen LogP contribution in [0, 0.1) is 3.57 Å². The van der Waals surface area contributed by atoms with E-state index in [0.717, 1.165) is 7.88 Å². The van der Waals surface area contributed by atoms with E-state index in [1.54, 1.807) is 48.5 Å². The number of anilines is 2. The van der Waals surface area contributed by atoms with Crippen LogP contribution in [-0.2, 0) is 0 Å². The zero-order valence-electron chi connectivity index (χ0n) is 13.6. The molecule has 0 radical (unpaired) electrons. The van der Waals surface area contributed by atoms with Crippen LogP contribution in [0.4, 0.5) is 16.2 Å². The fourth-order valence-electron chi connectivity index (χ4n) is 2.07. The van der Waals surface area contributed by atoms with Crippen LogP contribution < -0.4 is 14.4 Å². The second kappa shape index (κ2) is 8.68. The predicted octanol–water partition coefficient (Wildman–Crippen LogP) is 5.64. The van der Waals surface area contributed by atoms with E-state index in [0.29, 0.717) is 22.1 Å². The zero-order valence-corrected chi connectivity index (χ0v) is 17.4. The summed E-state index contributed by atoms with van der Waals surface area (Å²) in [5.74, 6) is -0.194. The molecule has 1 N–H and O–H groups in total. The average molecular weight is 515 g/mol. The predicted molar refractivity (Wildman–Crippen MR) is 115 cm³/mol. The van der Waals surface area contributed by atoms with E-state index >= 15 is 0 Å². The third-order valence-electron chi connectivity index (χ3n) is 3.38. The van der Waals surface area contributed by atoms with Crippen LogP contribution in [-0.4, -0.2) is 12.0 Å². The van der Waals surface area contributed by atoms with Crippen LogP contribution in [0.3, 0.4) is 0 Å². The highest BCUT2D eigenvalue weighted by Gasteiger charge is 2.15. The molecule has 0 saturated heterocycles. The number of thiol groups is 1. The van der Waals surface area contributed by atoms with E-state index in [1.165, 1.54) is 12.3 Å². The molecule has 1 aromatic heterocycles. The Hall–Kier alpha value is -2.17. The van der Waals surface area contributed by atoms with E-state index in [9.17, 15) is 9.59 Å². The summed E-state index contributed by atoms with van der Waals surface area (Å²) in [4.78, 5) is 24.2. The Balaban J connectivity index is 1.64. The third kappa shape index (κ3) is 4.96. The van der Waals surface area contributed by atoms with Gasteiger partial charge in [0.2, 0.25) is 5.76 Å². The maximum absolute atomic E-state index is 12.3. The Labute approximate surface area is 179 Å². The van der Waals surface area contributed by atoms with Crippen molar-refractivity contribution in [1.29, 1.82) is 0 Å². The van der Waals surface area contributed by atoms with Crippen molar-refractivity contribution >= 4 is 70.4 Å². The maximum atomic E-state index is 12.3. The highest BCUT2D eigenvalue weighted by Crippen LogP contribution is 2.25. The number of carbonyl (C=O) groups is 2. The molecule has 138 valence electrons. The van der Waals surface area contributed by atoms with Gasteiger partial charge in [-0.05, 0) is 77.2 Å². The van der Waals surface area contributed by atoms with Crippen molar-refractivity contribution in [2.24, 2.45) is 0 Å². The van der Waals surface area contributed by atoms with Gasteiger partial charge in [-0.15, -0.1) is 0 Å². The number of urea groups is 1. The number of amides is 2. The Morgan fingerprint density at radius 1 is 1.15 bits per heavy atom. The van der Waals surface area contributed by atoms with Crippen LogP contribution in [0.1, 0.15) is 10.6 Å². The molecule has 3 rings (SSSR count). The molecule has 6 nitrogen and oxygen atoms in total. The lowest BCUT2D eigenvalue weighted by Gasteiger charge is -2.17. The van der Waals surface area contributed by atoms with Crippen molar-refractivity contribution in [3.8, 4) is 5.75 Å². The topological polar surface area (TPSA) is 71.8 Å². The second-order valence-corrected chi connectivity index (χ2v) is 7.20. The molecule has 0 fully saturated rings. The quantitative estimate of drug-likeness (QED) is 0.205. The molecule has 0 bridgehead atoms. The lowest BCUT2D eigenvalue weighted by Crippen LogP contribution is -2.26. The molecule has 2 aromatic carbocycles. The summed E-state index contributed by atoms with van der Waals surface area (Å²) in [6.07, 6.45) is 1.39. The van der Waals surface area contributed by atoms with Gasteiger partial charge in [0.1, 0.15) is 5.75 Å². The minimum absolute atomic E-state index is 0.102. The first-order valence-corrected chi connectivity index (χ1v) is 9.40. The second-order valence-electron chi connectivity index (χ2n) is 5.23. The number of hydrogen-bond donors (Lipinski definition) is 2. The molecular formula is C18H12ClIN2O4S. The van der Waals surface area contributed by atoms with Gasteiger partial charge in [0.15, 0.2) is 0 Å². The lowest BCUT2D eigenvalue weighted by atomic mass is 10.3.